The second kappa shape index (κ2) is 9.57. The molecule has 0 spiro atoms. The van der Waals surface area contributed by atoms with E-state index in [1.807, 2.05) is 0 Å². The first-order valence-electron chi connectivity index (χ1n) is 16.4. The maximum Gasteiger partial charge on any atom is 0.178 e. The van der Waals surface area contributed by atoms with Gasteiger partial charge in [0.25, 0.3) is 0 Å². The second-order valence-corrected chi connectivity index (χ2v) is 12.8. The molecule has 0 unspecified atom stereocenters. The summed E-state index contributed by atoms with van der Waals surface area (Å²) in [5.74, 6) is 0. The first-order chi connectivity index (χ1) is 23.8. The molecule has 0 radical (unpaired) electrons. The van der Waals surface area contributed by atoms with Crippen LogP contribution in [0.3, 0.4) is 0 Å². The first kappa shape index (κ1) is 25.8. The Balaban J connectivity index is 1.10. The highest BCUT2D eigenvalue weighted by Gasteiger charge is 2.18. The van der Waals surface area contributed by atoms with E-state index in [1.165, 1.54) is 54.2 Å². The maximum absolute atomic E-state index is 6.68. The molecule has 222 valence electrons. The zero-order chi connectivity index (χ0) is 31.3. The predicted octanol–water partition coefficient (Wildman–Crippen LogP) is 13.4. The van der Waals surface area contributed by atoms with Crippen molar-refractivity contribution in [2.75, 3.05) is 0 Å². The summed E-state index contributed by atoms with van der Waals surface area (Å²) < 4.78 is 13.4. The molecule has 0 saturated heterocycles. The van der Waals surface area contributed by atoms with Gasteiger partial charge in [-0.05, 0) is 114 Å². The zero-order valence-corrected chi connectivity index (χ0v) is 25.8. The van der Waals surface area contributed by atoms with Gasteiger partial charge in [0.15, 0.2) is 11.2 Å². The topological polar surface area (TPSA) is 26.3 Å². The molecule has 48 heavy (non-hydrogen) atoms. The van der Waals surface area contributed by atoms with Crippen LogP contribution in [0.25, 0.3) is 109 Å². The Morgan fingerprint density at radius 2 is 0.646 bits per heavy atom. The minimum absolute atomic E-state index is 0.789. The summed E-state index contributed by atoms with van der Waals surface area (Å²) in [5.41, 5.74) is 7.97. The molecule has 0 bridgehead atoms. The lowest BCUT2D eigenvalue weighted by Crippen LogP contribution is -1.84. The van der Waals surface area contributed by atoms with Crippen molar-refractivity contribution in [3.63, 3.8) is 0 Å². The minimum Gasteiger partial charge on any atom is -0.452 e. The van der Waals surface area contributed by atoms with Crippen molar-refractivity contribution >= 4 is 87.0 Å². The fraction of sp³-hybridized carbons (Fsp3) is 0. The van der Waals surface area contributed by atoms with Gasteiger partial charge in [-0.3, -0.25) is 0 Å². The van der Waals surface area contributed by atoms with Gasteiger partial charge in [0, 0.05) is 21.5 Å². The summed E-state index contributed by atoms with van der Waals surface area (Å²) in [6.07, 6.45) is 0. The summed E-state index contributed by atoms with van der Waals surface area (Å²) in [5, 5.41) is 14.3. The number of furan rings is 2. The summed E-state index contributed by atoms with van der Waals surface area (Å²) >= 11 is 0. The van der Waals surface area contributed by atoms with Crippen molar-refractivity contribution in [2.45, 2.75) is 0 Å². The highest BCUT2D eigenvalue weighted by Crippen LogP contribution is 2.43. The predicted molar refractivity (Wildman–Crippen MR) is 202 cm³/mol. The van der Waals surface area contributed by atoms with E-state index in [4.69, 9.17) is 8.83 Å². The van der Waals surface area contributed by atoms with E-state index < -0.39 is 0 Å². The normalized spacial score (nSPS) is 12.2. The quantitative estimate of drug-likeness (QED) is 0.182. The average Bonchev–Trinajstić information content (AvgIpc) is 3.72. The number of fused-ring (bicyclic) bond motifs is 13. The fourth-order valence-electron chi connectivity index (χ4n) is 7.99. The molecule has 0 atom stereocenters. The lowest BCUT2D eigenvalue weighted by molar-refractivity contribution is 0.633. The fourth-order valence-corrected chi connectivity index (χ4v) is 7.99. The molecular weight excluding hydrogens is 585 g/mol. The van der Waals surface area contributed by atoms with E-state index in [2.05, 4.69) is 158 Å². The Labute approximate surface area is 275 Å². The first-order valence-corrected chi connectivity index (χ1v) is 16.4. The van der Waals surface area contributed by atoms with Crippen LogP contribution < -0.4 is 0 Å². The van der Waals surface area contributed by atoms with Crippen LogP contribution in [0.2, 0.25) is 0 Å². The smallest absolute Gasteiger partial charge is 0.178 e. The van der Waals surface area contributed by atoms with Gasteiger partial charge in [0.05, 0.1) is 0 Å². The van der Waals surface area contributed by atoms with E-state index in [0.717, 1.165) is 55.0 Å². The van der Waals surface area contributed by atoms with E-state index >= 15 is 0 Å². The molecule has 0 N–H and O–H groups in total. The van der Waals surface area contributed by atoms with Crippen molar-refractivity contribution in [1.29, 1.82) is 0 Å². The van der Waals surface area contributed by atoms with Crippen LogP contribution in [0.4, 0.5) is 0 Å². The standard InChI is InChI=1S/C46H26O2/c1-3-11-31-27(9-1)23-41(35-15-7-5-13-33(31)35)29-17-19-37-39-21-22-40-38-20-18-30(26-44(38)48-46(40)45(39)47-43(37)25-29)42-24-28-10-2-4-12-32(28)34-14-6-8-16-36(34)42/h1-26H. The third kappa shape index (κ3) is 3.57. The molecule has 2 aromatic heterocycles. The Bertz CT molecular complexity index is 2910. The van der Waals surface area contributed by atoms with Crippen molar-refractivity contribution in [3.05, 3.63) is 158 Å². The lowest BCUT2D eigenvalue weighted by Gasteiger charge is -2.11. The zero-order valence-electron chi connectivity index (χ0n) is 25.8. The van der Waals surface area contributed by atoms with Crippen LogP contribution in [-0.4, -0.2) is 0 Å². The van der Waals surface area contributed by atoms with Gasteiger partial charge in [0.1, 0.15) is 11.2 Å². The molecule has 0 saturated carbocycles. The molecule has 0 aliphatic rings. The van der Waals surface area contributed by atoms with Crippen LogP contribution in [0.15, 0.2) is 167 Å². The van der Waals surface area contributed by atoms with Gasteiger partial charge in [-0.2, -0.15) is 0 Å². The van der Waals surface area contributed by atoms with Crippen LogP contribution in [0, 0.1) is 0 Å². The van der Waals surface area contributed by atoms with E-state index in [1.54, 1.807) is 0 Å². The third-order valence-corrected chi connectivity index (χ3v) is 10.2. The molecular formula is C46H26O2. The van der Waals surface area contributed by atoms with Crippen molar-refractivity contribution in [3.8, 4) is 22.3 Å². The van der Waals surface area contributed by atoms with E-state index in [9.17, 15) is 0 Å². The number of rotatable bonds is 2. The lowest BCUT2D eigenvalue weighted by atomic mass is 9.93. The molecule has 2 heterocycles. The highest BCUT2D eigenvalue weighted by atomic mass is 16.4. The highest BCUT2D eigenvalue weighted by molar-refractivity contribution is 6.21. The average molecular weight is 611 g/mol. The van der Waals surface area contributed by atoms with Gasteiger partial charge >= 0.3 is 0 Å². The van der Waals surface area contributed by atoms with Gasteiger partial charge in [0.2, 0.25) is 0 Å². The van der Waals surface area contributed by atoms with Gasteiger partial charge in [-0.25, -0.2) is 0 Å². The Hall–Kier alpha value is -6.38. The van der Waals surface area contributed by atoms with E-state index in [-0.39, 0.29) is 0 Å². The largest absolute Gasteiger partial charge is 0.452 e. The van der Waals surface area contributed by atoms with Crippen LogP contribution >= 0.6 is 0 Å². The number of hydrogen-bond acceptors (Lipinski definition) is 2. The molecule has 0 aliphatic carbocycles. The Morgan fingerprint density at radius 3 is 1.10 bits per heavy atom. The summed E-state index contributed by atoms with van der Waals surface area (Å²) in [6.45, 7) is 0. The molecule has 0 fully saturated rings. The van der Waals surface area contributed by atoms with E-state index in [0.29, 0.717) is 0 Å². The molecule has 0 aliphatic heterocycles. The Kier molecular flexibility index (Phi) is 5.14. The maximum atomic E-state index is 6.68. The van der Waals surface area contributed by atoms with Crippen molar-refractivity contribution in [2.24, 2.45) is 0 Å². The SMILES string of the molecule is c1ccc2c(c1)cc(-c1ccc3c(c1)oc1c3ccc3c4ccc(-c5cc6ccccc6c6ccccc56)cc4oc31)c1ccccc12. The third-order valence-electron chi connectivity index (χ3n) is 10.2. The van der Waals surface area contributed by atoms with Gasteiger partial charge < -0.3 is 8.83 Å². The summed E-state index contributed by atoms with van der Waals surface area (Å²) in [6, 6.07) is 56.7. The minimum atomic E-state index is 0.789. The molecule has 9 aromatic carbocycles. The van der Waals surface area contributed by atoms with Gasteiger partial charge in [-0.1, -0.05) is 109 Å². The Morgan fingerprint density at radius 1 is 0.271 bits per heavy atom. The van der Waals surface area contributed by atoms with Gasteiger partial charge in [-0.15, -0.1) is 0 Å². The number of benzene rings is 9. The molecule has 0 amide bonds. The molecule has 2 heteroatoms. The van der Waals surface area contributed by atoms with Crippen molar-refractivity contribution in [1.82, 2.24) is 0 Å². The van der Waals surface area contributed by atoms with Crippen LogP contribution in [0.5, 0.6) is 0 Å². The molecule has 2 nitrogen and oxygen atoms in total. The summed E-state index contributed by atoms with van der Waals surface area (Å²) in [4.78, 5) is 0. The summed E-state index contributed by atoms with van der Waals surface area (Å²) in [7, 11) is 0. The monoisotopic (exact) mass is 610 g/mol. The van der Waals surface area contributed by atoms with Crippen LogP contribution in [0.1, 0.15) is 0 Å². The molecule has 11 rings (SSSR count). The van der Waals surface area contributed by atoms with Crippen molar-refractivity contribution < 1.29 is 8.83 Å². The second-order valence-electron chi connectivity index (χ2n) is 12.8. The molecule has 11 aromatic rings. The number of hydrogen-bond donors (Lipinski definition) is 0. The van der Waals surface area contributed by atoms with Crippen LogP contribution in [-0.2, 0) is 0 Å².